The Bertz CT molecular complexity index is 1140. The molecule has 1 aliphatic carbocycles. The molecule has 1 aliphatic rings. The van der Waals surface area contributed by atoms with Crippen LogP contribution in [0.5, 0.6) is 5.75 Å². The van der Waals surface area contributed by atoms with Gasteiger partial charge in [0, 0.05) is 17.0 Å². The molecule has 0 spiro atoms. The summed E-state index contributed by atoms with van der Waals surface area (Å²) in [6, 6.07) is 6.98. The van der Waals surface area contributed by atoms with E-state index in [1.165, 1.54) is 7.11 Å². The van der Waals surface area contributed by atoms with Crippen LogP contribution in [-0.4, -0.2) is 53.4 Å². The molecule has 2 N–H and O–H groups in total. The molecular formula is C27H33Cl2N3O5. The van der Waals surface area contributed by atoms with Crippen LogP contribution in [0.1, 0.15) is 55.7 Å². The zero-order valence-corrected chi connectivity index (χ0v) is 22.9. The molecule has 0 aliphatic heterocycles. The first-order chi connectivity index (χ1) is 17.6. The van der Waals surface area contributed by atoms with Crippen molar-refractivity contribution in [3.05, 3.63) is 46.0 Å². The number of hydrogen-bond donors (Lipinski definition) is 2. The monoisotopic (exact) mass is 549 g/mol. The molecule has 1 heterocycles. The standard InChI is InChI=1S/C27H33Cl2N3O5/c1-27(2,17-33)13-12-22-23(24(34)30-16-18-4-6-19(7-5-18)25(35)36-3)32(26(29)31-22)14-15-37-21-10-8-20(28)9-11-21/h8-11,18-19,33H,4-7,14-17H2,1-3H3,(H,30,34). The maximum absolute atomic E-state index is 13.3. The highest BCUT2D eigenvalue weighted by molar-refractivity contribution is 6.30. The van der Waals surface area contributed by atoms with E-state index in [2.05, 4.69) is 22.1 Å². The highest BCUT2D eigenvalue weighted by Crippen LogP contribution is 2.29. The summed E-state index contributed by atoms with van der Waals surface area (Å²) < 4.78 is 12.2. The highest BCUT2D eigenvalue weighted by atomic mass is 35.5. The van der Waals surface area contributed by atoms with Crippen LogP contribution in [0.25, 0.3) is 0 Å². The predicted molar refractivity (Wildman–Crippen MR) is 142 cm³/mol. The smallest absolute Gasteiger partial charge is 0.308 e. The van der Waals surface area contributed by atoms with Gasteiger partial charge in [-0.2, -0.15) is 0 Å². The van der Waals surface area contributed by atoms with Crippen LogP contribution in [0.3, 0.4) is 0 Å². The summed E-state index contributed by atoms with van der Waals surface area (Å²) in [5, 5.41) is 13.3. The molecule has 0 saturated heterocycles. The van der Waals surface area contributed by atoms with Crippen molar-refractivity contribution in [3.8, 4) is 17.6 Å². The van der Waals surface area contributed by atoms with Gasteiger partial charge < -0.3 is 24.5 Å². The molecule has 1 amide bonds. The van der Waals surface area contributed by atoms with Crippen molar-refractivity contribution >= 4 is 35.1 Å². The van der Waals surface area contributed by atoms with Crippen LogP contribution in [0, 0.1) is 29.1 Å². The molecule has 37 heavy (non-hydrogen) atoms. The van der Waals surface area contributed by atoms with Gasteiger partial charge in [-0.05, 0) is 87.2 Å². The van der Waals surface area contributed by atoms with E-state index in [1.54, 1.807) is 42.7 Å². The molecule has 0 unspecified atom stereocenters. The second-order valence-electron chi connectivity index (χ2n) is 9.77. The number of aliphatic hydroxyl groups is 1. The maximum atomic E-state index is 13.3. The van der Waals surface area contributed by atoms with Crippen molar-refractivity contribution < 1.29 is 24.2 Å². The number of ether oxygens (including phenoxy) is 2. The first-order valence-electron chi connectivity index (χ1n) is 12.3. The van der Waals surface area contributed by atoms with Crippen LogP contribution in [0.2, 0.25) is 10.3 Å². The van der Waals surface area contributed by atoms with E-state index < -0.39 is 5.41 Å². The second kappa shape index (κ2) is 13.2. The fourth-order valence-corrected chi connectivity index (χ4v) is 4.47. The van der Waals surface area contributed by atoms with Crippen molar-refractivity contribution in [2.75, 3.05) is 26.9 Å². The minimum Gasteiger partial charge on any atom is -0.492 e. The zero-order valence-electron chi connectivity index (χ0n) is 21.4. The number of aliphatic hydroxyl groups excluding tert-OH is 1. The highest BCUT2D eigenvalue weighted by Gasteiger charge is 2.28. The van der Waals surface area contributed by atoms with E-state index in [0.29, 0.717) is 17.3 Å². The average molecular weight is 550 g/mol. The second-order valence-corrected chi connectivity index (χ2v) is 10.5. The minimum absolute atomic E-state index is 0.0745. The Balaban J connectivity index is 1.73. The number of benzene rings is 1. The largest absolute Gasteiger partial charge is 0.492 e. The minimum atomic E-state index is -0.667. The summed E-state index contributed by atoms with van der Waals surface area (Å²) in [5.41, 5.74) is -0.181. The number of amides is 1. The first kappa shape index (κ1) is 28.8. The zero-order chi connectivity index (χ0) is 27.0. The van der Waals surface area contributed by atoms with Gasteiger partial charge >= 0.3 is 5.97 Å². The summed E-state index contributed by atoms with van der Waals surface area (Å²) in [4.78, 5) is 29.5. The molecule has 0 atom stereocenters. The SMILES string of the molecule is COC(=O)C1CCC(CNC(=O)c2c(C#CC(C)(C)CO)nc(Cl)n2CCOc2ccc(Cl)cc2)CC1. The molecule has 1 fully saturated rings. The normalized spacial score (nSPS) is 17.5. The third kappa shape index (κ3) is 8.13. The molecule has 1 aromatic heterocycles. The third-order valence-electron chi connectivity index (χ3n) is 6.38. The molecule has 10 heteroatoms. The Kier molecular flexibility index (Phi) is 10.3. The van der Waals surface area contributed by atoms with Gasteiger partial charge in [-0.3, -0.25) is 9.59 Å². The summed E-state index contributed by atoms with van der Waals surface area (Å²) in [6.07, 6.45) is 3.14. The number of methoxy groups -OCH3 is 1. The molecule has 2 aromatic rings. The number of carbonyl (C=O) groups is 2. The van der Waals surface area contributed by atoms with Crippen molar-refractivity contribution in [2.24, 2.45) is 17.3 Å². The van der Waals surface area contributed by atoms with Gasteiger partial charge in [-0.25, -0.2) is 4.98 Å². The lowest BCUT2D eigenvalue weighted by atomic mass is 9.82. The van der Waals surface area contributed by atoms with Gasteiger partial charge in [-0.1, -0.05) is 17.5 Å². The van der Waals surface area contributed by atoms with Crippen LogP contribution in [0.4, 0.5) is 0 Å². The van der Waals surface area contributed by atoms with Crippen molar-refractivity contribution in [2.45, 2.75) is 46.1 Å². The van der Waals surface area contributed by atoms with E-state index in [1.807, 2.05) is 0 Å². The van der Waals surface area contributed by atoms with Crippen molar-refractivity contribution in [3.63, 3.8) is 0 Å². The fourth-order valence-electron chi connectivity index (χ4n) is 4.09. The van der Waals surface area contributed by atoms with Gasteiger partial charge in [0.05, 0.1) is 26.2 Å². The number of imidazole rings is 1. The molecule has 1 aromatic carbocycles. The van der Waals surface area contributed by atoms with Gasteiger partial charge in [0.1, 0.15) is 23.7 Å². The summed E-state index contributed by atoms with van der Waals surface area (Å²) >= 11 is 12.4. The maximum Gasteiger partial charge on any atom is 0.308 e. The molecule has 200 valence electrons. The Hall–Kier alpha value is -2.73. The van der Waals surface area contributed by atoms with E-state index in [0.717, 1.165) is 25.7 Å². The van der Waals surface area contributed by atoms with Crippen LogP contribution in [0.15, 0.2) is 24.3 Å². The Morgan fingerprint density at radius 1 is 1.19 bits per heavy atom. The number of nitrogens with zero attached hydrogens (tertiary/aromatic N) is 2. The Morgan fingerprint density at radius 3 is 2.49 bits per heavy atom. The summed E-state index contributed by atoms with van der Waals surface area (Å²) in [6.45, 7) is 4.42. The third-order valence-corrected chi connectivity index (χ3v) is 6.92. The molecule has 8 nitrogen and oxygen atoms in total. The quantitative estimate of drug-likeness (QED) is 0.356. The van der Waals surface area contributed by atoms with Crippen LogP contribution >= 0.6 is 23.2 Å². The molecule has 3 rings (SSSR count). The number of rotatable bonds is 9. The summed E-state index contributed by atoms with van der Waals surface area (Å²) in [5.74, 6) is 6.21. The molecular weight excluding hydrogens is 517 g/mol. The first-order valence-corrected chi connectivity index (χ1v) is 13.0. The number of halogens is 2. The number of esters is 1. The van der Waals surface area contributed by atoms with E-state index in [-0.39, 0.29) is 60.1 Å². The van der Waals surface area contributed by atoms with E-state index in [9.17, 15) is 14.7 Å². The van der Waals surface area contributed by atoms with Crippen molar-refractivity contribution in [1.29, 1.82) is 0 Å². The lowest BCUT2D eigenvalue weighted by Crippen LogP contribution is -2.34. The summed E-state index contributed by atoms with van der Waals surface area (Å²) in [7, 11) is 1.41. The lowest BCUT2D eigenvalue weighted by Gasteiger charge is -2.27. The Labute approximate surface area is 227 Å². The van der Waals surface area contributed by atoms with Crippen molar-refractivity contribution in [1.82, 2.24) is 14.9 Å². The van der Waals surface area contributed by atoms with Gasteiger partial charge in [-0.15, -0.1) is 0 Å². The van der Waals surface area contributed by atoms with Gasteiger partial charge in [0.2, 0.25) is 5.28 Å². The average Bonchev–Trinajstić information content (AvgIpc) is 3.22. The molecule has 1 saturated carbocycles. The van der Waals surface area contributed by atoms with E-state index >= 15 is 0 Å². The molecule has 0 radical (unpaired) electrons. The van der Waals surface area contributed by atoms with Crippen LogP contribution in [-0.2, 0) is 16.1 Å². The topological polar surface area (TPSA) is 103 Å². The Morgan fingerprint density at radius 2 is 1.86 bits per heavy atom. The predicted octanol–water partition coefficient (Wildman–Crippen LogP) is 4.35. The number of aromatic nitrogens is 2. The molecule has 0 bridgehead atoms. The number of nitrogens with one attached hydrogen (secondary N) is 1. The van der Waals surface area contributed by atoms with E-state index in [4.69, 9.17) is 32.7 Å². The number of carbonyl (C=O) groups excluding carboxylic acids is 2. The van der Waals surface area contributed by atoms with Gasteiger partial charge in [0.15, 0.2) is 0 Å². The van der Waals surface area contributed by atoms with Crippen LogP contribution < -0.4 is 10.1 Å². The number of hydrogen-bond acceptors (Lipinski definition) is 6. The fraction of sp³-hybridized carbons (Fsp3) is 0.519. The lowest BCUT2D eigenvalue weighted by molar-refractivity contribution is -0.146. The van der Waals surface area contributed by atoms with Gasteiger partial charge in [0.25, 0.3) is 5.91 Å².